The number of nitrogens with two attached hydrogens (primary N) is 1. The highest BCUT2D eigenvalue weighted by atomic mass is 14.7. The molecule has 0 amide bonds. The van der Waals surface area contributed by atoms with Crippen LogP contribution in [0.3, 0.4) is 0 Å². The average Bonchev–Trinajstić information content (AvgIpc) is 2.04. The summed E-state index contributed by atoms with van der Waals surface area (Å²) < 4.78 is 0. The molecule has 70 valence electrons. The quantitative estimate of drug-likeness (QED) is 0.628. The molecule has 12 heavy (non-hydrogen) atoms. The van der Waals surface area contributed by atoms with E-state index >= 15 is 0 Å². The fourth-order valence-corrected chi connectivity index (χ4v) is 2.00. The molecule has 0 fully saturated rings. The first kappa shape index (κ1) is 9.79. The Kier molecular flexibility index (Phi) is 3.33. The fraction of sp³-hybridized carbons (Fsp3) is 0.818. The van der Waals surface area contributed by atoms with Crippen molar-refractivity contribution in [2.45, 2.75) is 39.7 Å². The van der Waals surface area contributed by atoms with Crippen molar-refractivity contribution in [1.82, 2.24) is 0 Å². The third kappa shape index (κ3) is 2.10. The van der Waals surface area contributed by atoms with E-state index in [-0.39, 0.29) is 0 Å². The maximum absolute atomic E-state index is 6.15. The minimum atomic E-state index is 0.380. The summed E-state index contributed by atoms with van der Waals surface area (Å²) in [6, 6.07) is 0.380. The number of hydrogen-bond acceptors (Lipinski definition) is 1. The summed E-state index contributed by atoms with van der Waals surface area (Å²) >= 11 is 0. The topological polar surface area (TPSA) is 26.0 Å². The largest absolute Gasteiger partial charge is 0.327 e. The summed E-state index contributed by atoms with van der Waals surface area (Å²) in [5.74, 6) is 2.09. The first-order valence-corrected chi connectivity index (χ1v) is 5.03. The molecular formula is C11H21N. The molecule has 0 radical (unpaired) electrons. The molecule has 0 saturated carbocycles. The second-order valence-electron chi connectivity index (χ2n) is 4.41. The van der Waals surface area contributed by atoms with E-state index in [9.17, 15) is 0 Å². The van der Waals surface area contributed by atoms with Crippen LogP contribution in [0.5, 0.6) is 0 Å². The lowest BCUT2D eigenvalue weighted by atomic mass is 9.76. The highest BCUT2D eigenvalue weighted by molar-refractivity contribution is 4.96. The van der Waals surface area contributed by atoms with Crippen LogP contribution in [-0.2, 0) is 0 Å². The maximum Gasteiger partial charge on any atom is 0.00959 e. The van der Waals surface area contributed by atoms with E-state index in [1.165, 1.54) is 12.8 Å². The average molecular weight is 167 g/mol. The minimum absolute atomic E-state index is 0.380. The van der Waals surface area contributed by atoms with Gasteiger partial charge >= 0.3 is 0 Å². The molecular weight excluding hydrogens is 146 g/mol. The third-order valence-electron chi connectivity index (χ3n) is 3.08. The Bertz CT molecular complexity index is 160. The summed E-state index contributed by atoms with van der Waals surface area (Å²) in [6.45, 7) is 6.75. The van der Waals surface area contributed by atoms with Crippen LogP contribution in [0.1, 0.15) is 33.6 Å². The van der Waals surface area contributed by atoms with Gasteiger partial charge in [0.25, 0.3) is 0 Å². The van der Waals surface area contributed by atoms with E-state index in [0.29, 0.717) is 17.9 Å². The molecule has 3 unspecified atom stereocenters. The first-order valence-electron chi connectivity index (χ1n) is 5.03. The van der Waals surface area contributed by atoms with Gasteiger partial charge in [-0.05, 0) is 30.6 Å². The van der Waals surface area contributed by atoms with Gasteiger partial charge < -0.3 is 5.73 Å². The Morgan fingerprint density at radius 2 is 1.83 bits per heavy atom. The third-order valence-corrected chi connectivity index (χ3v) is 3.08. The normalized spacial score (nSPS) is 32.4. The van der Waals surface area contributed by atoms with Crippen LogP contribution in [0.25, 0.3) is 0 Å². The van der Waals surface area contributed by atoms with Crippen molar-refractivity contribution in [3.05, 3.63) is 12.2 Å². The van der Waals surface area contributed by atoms with Gasteiger partial charge in [-0.2, -0.15) is 0 Å². The van der Waals surface area contributed by atoms with Gasteiger partial charge in [0.15, 0.2) is 0 Å². The van der Waals surface area contributed by atoms with Crippen molar-refractivity contribution >= 4 is 0 Å². The van der Waals surface area contributed by atoms with Crippen LogP contribution in [0, 0.1) is 17.8 Å². The van der Waals surface area contributed by atoms with Crippen LogP contribution in [0.4, 0.5) is 0 Å². The van der Waals surface area contributed by atoms with Gasteiger partial charge in [-0.3, -0.25) is 0 Å². The van der Waals surface area contributed by atoms with Crippen molar-refractivity contribution in [1.29, 1.82) is 0 Å². The summed E-state index contributed by atoms with van der Waals surface area (Å²) in [5.41, 5.74) is 6.15. The zero-order valence-corrected chi connectivity index (χ0v) is 8.46. The highest BCUT2D eigenvalue weighted by Gasteiger charge is 2.26. The predicted octanol–water partition coefficient (Wildman–Crippen LogP) is 2.57. The second-order valence-corrected chi connectivity index (χ2v) is 4.41. The smallest absolute Gasteiger partial charge is 0.00959 e. The molecule has 0 saturated heterocycles. The van der Waals surface area contributed by atoms with E-state index in [0.717, 1.165) is 5.92 Å². The molecule has 0 aromatic rings. The monoisotopic (exact) mass is 167 g/mol. The molecule has 0 heterocycles. The zero-order chi connectivity index (χ0) is 9.14. The van der Waals surface area contributed by atoms with Crippen molar-refractivity contribution in [2.75, 3.05) is 0 Å². The molecule has 1 nitrogen and oxygen atoms in total. The Hall–Kier alpha value is -0.300. The zero-order valence-electron chi connectivity index (χ0n) is 8.46. The summed E-state index contributed by atoms with van der Waals surface area (Å²) in [4.78, 5) is 0. The number of hydrogen-bond donors (Lipinski definition) is 1. The maximum atomic E-state index is 6.15. The van der Waals surface area contributed by atoms with Gasteiger partial charge in [-0.25, -0.2) is 0 Å². The van der Waals surface area contributed by atoms with Crippen LogP contribution < -0.4 is 5.73 Å². The molecule has 1 rings (SSSR count). The van der Waals surface area contributed by atoms with Gasteiger partial charge in [0.2, 0.25) is 0 Å². The van der Waals surface area contributed by atoms with Crippen LogP contribution >= 0.6 is 0 Å². The van der Waals surface area contributed by atoms with E-state index in [1.807, 2.05) is 0 Å². The summed E-state index contributed by atoms with van der Waals surface area (Å²) in [6.07, 6.45) is 6.96. The van der Waals surface area contributed by atoms with E-state index in [4.69, 9.17) is 5.73 Å². The lowest BCUT2D eigenvalue weighted by Crippen LogP contribution is -2.39. The summed E-state index contributed by atoms with van der Waals surface area (Å²) in [7, 11) is 0. The van der Waals surface area contributed by atoms with Crippen LogP contribution in [0.15, 0.2) is 12.2 Å². The van der Waals surface area contributed by atoms with Gasteiger partial charge in [0.1, 0.15) is 0 Å². The molecule has 0 aromatic carbocycles. The van der Waals surface area contributed by atoms with Gasteiger partial charge in [0, 0.05) is 6.04 Å². The van der Waals surface area contributed by atoms with E-state index in [1.54, 1.807) is 0 Å². The SMILES string of the molecule is CC(C)C(N)C1CC=CCC1C. The first-order chi connectivity index (χ1) is 5.63. The summed E-state index contributed by atoms with van der Waals surface area (Å²) in [5, 5.41) is 0. The predicted molar refractivity (Wildman–Crippen MR) is 53.8 cm³/mol. The Labute approximate surface area is 76.0 Å². The molecule has 1 aliphatic rings. The van der Waals surface area contributed by atoms with Crippen LogP contribution in [-0.4, -0.2) is 6.04 Å². The molecule has 0 aliphatic heterocycles. The van der Waals surface area contributed by atoms with Crippen LogP contribution in [0.2, 0.25) is 0 Å². The second kappa shape index (κ2) is 4.08. The molecule has 0 bridgehead atoms. The minimum Gasteiger partial charge on any atom is -0.327 e. The molecule has 0 spiro atoms. The van der Waals surface area contributed by atoms with Crippen molar-refractivity contribution in [2.24, 2.45) is 23.5 Å². The number of rotatable bonds is 2. The Morgan fingerprint density at radius 3 is 2.33 bits per heavy atom. The molecule has 3 atom stereocenters. The fourth-order valence-electron chi connectivity index (χ4n) is 2.00. The van der Waals surface area contributed by atoms with Gasteiger partial charge in [0.05, 0.1) is 0 Å². The molecule has 1 aliphatic carbocycles. The van der Waals surface area contributed by atoms with Gasteiger partial charge in [-0.15, -0.1) is 0 Å². The standard InChI is InChI=1S/C11H21N/c1-8(2)11(12)10-7-5-4-6-9(10)3/h4-5,8-11H,6-7,12H2,1-3H3. The molecule has 2 N–H and O–H groups in total. The lowest BCUT2D eigenvalue weighted by molar-refractivity contribution is 0.248. The number of allylic oxidation sites excluding steroid dienone is 2. The van der Waals surface area contributed by atoms with E-state index < -0.39 is 0 Å². The molecule has 1 heteroatoms. The molecule has 0 aromatic heterocycles. The van der Waals surface area contributed by atoms with Gasteiger partial charge in [-0.1, -0.05) is 32.9 Å². The highest BCUT2D eigenvalue weighted by Crippen LogP contribution is 2.29. The lowest BCUT2D eigenvalue weighted by Gasteiger charge is -2.32. The van der Waals surface area contributed by atoms with Crippen molar-refractivity contribution in [3.63, 3.8) is 0 Å². The Balaban J connectivity index is 2.55. The Morgan fingerprint density at radius 1 is 1.25 bits per heavy atom. The van der Waals surface area contributed by atoms with E-state index in [2.05, 4.69) is 32.9 Å². The van der Waals surface area contributed by atoms with Crippen molar-refractivity contribution in [3.8, 4) is 0 Å². The van der Waals surface area contributed by atoms with Crippen molar-refractivity contribution < 1.29 is 0 Å².